The number of fused-ring (bicyclic) bond motifs is 1. The number of carbonyl (C=O) groups excluding carboxylic acids is 1. The van der Waals surface area contributed by atoms with Gasteiger partial charge in [0, 0.05) is 41.8 Å². The lowest BCUT2D eigenvalue weighted by molar-refractivity contribution is -0.111. The van der Waals surface area contributed by atoms with Gasteiger partial charge in [0.05, 0.1) is 24.4 Å². The largest absolute Gasteiger partial charge is 0.490 e. The molecule has 1 amide bonds. The number of rotatable bonds is 10. The van der Waals surface area contributed by atoms with Crippen molar-refractivity contribution in [3.63, 3.8) is 0 Å². The number of ether oxygens (including phenoxy) is 3. The number of hydrogen-bond donors (Lipinski definition) is 2. The number of carbonyl (C=O) groups is 1. The van der Waals surface area contributed by atoms with E-state index in [9.17, 15) is 4.79 Å². The van der Waals surface area contributed by atoms with Crippen LogP contribution in [0.5, 0.6) is 17.2 Å². The number of halogens is 1. The highest BCUT2D eigenvalue weighted by Gasteiger charge is 2.15. The van der Waals surface area contributed by atoms with Crippen molar-refractivity contribution in [3.8, 4) is 17.2 Å². The van der Waals surface area contributed by atoms with E-state index in [0.717, 1.165) is 43.9 Å². The maximum absolute atomic E-state index is 12.2. The molecule has 4 aromatic rings. The summed E-state index contributed by atoms with van der Waals surface area (Å²) in [5.41, 5.74) is 1.99. The third-order valence-corrected chi connectivity index (χ3v) is 6.33. The molecule has 10 heteroatoms. The normalized spacial score (nSPS) is 13.6. The van der Waals surface area contributed by atoms with Crippen molar-refractivity contribution in [2.75, 3.05) is 50.1 Å². The molecule has 1 aliphatic rings. The van der Waals surface area contributed by atoms with Gasteiger partial charge in [0.25, 0.3) is 0 Å². The van der Waals surface area contributed by atoms with E-state index >= 15 is 0 Å². The first kappa shape index (κ1) is 26.4. The van der Waals surface area contributed by atoms with Crippen LogP contribution < -0.4 is 20.1 Å². The summed E-state index contributed by atoms with van der Waals surface area (Å²) in [4.78, 5) is 23.3. The van der Waals surface area contributed by atoms with E-state index in [0.29, 0.717) is 45.9 Å². The van der Waals surface area contributed by atoms with Gasteiger partial charge >= 0.3 is 0 Å². The van der Waals surface area contributed by atoms with Crippen molar-refractivity contribution in [2.24, 2.45) is 0 Å². The lowest BCUT2D eigenvalue weighted by Gasteiger charge is -2.26. The Balaban J connectivity index is 1.34. The van der Waals surface area contributed by atoms with Crippen LogP contribution in [0.2, 0.25) is 5.02 Å². The molecule has 0 bridgehead atoms. The molecule has 0 aliphatic carbocycles. The summed E-state index contributed by atoms with van der Waals surface area (Å²) < 4.78 is 17.4. The number of amides is 1. The standard InChI is InChI=1S/C29H28ClN5O4/c1-2-28(36)34-26-17-24-25(18-27(26)38-15-12-35-10-13-37-14-11-35)31-19-32-29(24)33-21-6-8-22(9-7-21)39-23-5-3-4-20(30)16-23/h2-9,16-19H,1,10-15H2,(H,34,36)(H,31,32,33). The molecule has 0 saturated carbocycles. The predicted octanol–water partition coefficient (Wildman–Crippen LogP) is 5.65. The molecule has 9 nitrogen and oxygen atoms in total. The maximum atomic E-state index is 12.2. The van der Waals surface area contributed by atoms with Gasteiger partial charge in [0.15, 0.2) is 0 Å². The van der Waals surface area contributed by atoms with Gasteiger partial charge in [-0.3, -0.25) is 9.69 Å². The molecule has 0 unspecified atom stereocenters. The zero-order chi connectivity index (χ0) is 27.0. The Bertz CT molecular complexity index is 1460. The van der Waals surface area contributed by atoms with Crippen LogP contribution in [0.4, 0.5) is 17.2 Å². The Hall–Kier alpha value is -4.18. The summed E-state index contributed by atoms with van der Waals surface area (Å²) in [5, 5.41) is 7.50. The molecule has 0 atom stereocenters. The van der Waals surface area contributed by atoms with Crippen molar-refractivity contribution in [2.45, 2.75) is 0 Å². The summed E-state index contributed by atoms with van der Waals surface area (Å²) in [7, 11) is 0. The van der Waals surface area contributed by atoms with E-state index in [1.165, 1.54) is 12.4 Å². The predicted molar refractivity (Wildman–Crippen MR) is 152 cm³/mol. The highest BCUT2D eigenvalue weighted by Crippen LogP contribution is 2.34. The molecule has 1 fully saturated rings. The molecular weight excluding hydrogens is 518 g/mol. The van der Waals surface area contributed by atoms with Gasteiger partial charge in [-0.1, -0.05) is 24.2 Å². The maximum Gasteiger partial charge on any atom is 0.247 e. The molecule has 1 aliphatic heterocycles. The first-order valence-electron chi connectivity index (χ1n) is 12.5. The van der Waals surface area contributed by atoms with Crippen LogP contribution in [0.3, 0.4) is 0 Å². The SMILES string of the molecule is C=CC(=O)Nc1cc2c(Nc3ccc(Oc4cccc(Cl)c4)cc3)ncnc2cc1OCCN1CCOCC1. The Morgan fingerprint density at radius 1 is 1.08 bits per heavy atom. The number of benzene rings is 3. The summed E-state index contributed by atoms with van der Waals surface area (Å²) in [6, 6.07) is 18.3. The van der Waals surface area contributed by atoms with E-state index in [2.05, 4.69) is 32.1 Å². The van der Waals surface area contributed by atoms with Gasteiger partial charge in [-0.15, -0.1) is 0 Å². The monoisotopic (exact) mass is 545 g/mol. The van der Waals surface area contributed by atoms with E-state index in [-0.39, 0.29) is 5.91 Å². The fourth-order valence-corrected chi connectivity index (χ4v) is 4.28. The third kappa shape index (κ3) is 7.02. The van der Waals surface area contributed by atoms with Crippen molar-refractivity contribution in [1.29, 1.82) is 0 Å². The second-order valence-corrected chi connectivity index (χ2v) is 9.23. The van der Waals surface area contributed by atoms with Crippen LogP contribution in [0.15, 0.2) is 79.6 Å². The number of nitrogens with zero attached hydrogens (tertiary/aromatic N) is 3. The fourth-order valence-electron chi connectivity index (χ4n) is 4.10. The zero-order valence-corrected chi connectivity index (χ0v) is 22.0. The molecule has 1 aromatic heterocycles. The summed E-state index contributed by atoms with van der Waals surface area (Å²) in [6.45, 7) is 7.96. The molecule has 5 rings (SSSR count). The second kappa shape index (κ2) is 12.6. The Labute approximate surface area is 231 Å². The Morgan fingerprint density at radius 3 is 2.67 bits per heavy atom. The van der Waals surface area contributed by atoms with Crippen molar-refractivity contribution in [1.82, 2.24) is 14.9 Å². The van der Waals surface area contributed by atoms with Gasteiger partial charge < -0.3 is 24.8 Å². The van der Waals surface area contributed by atoms with Gasteiger partial charge in [0.1, 0.15) is 36.0 Å². The topological polar surface area (TPSA) is 97.8 Å². The Morgan fingerprint density at radius 2 is 1.90 bits per heavy atom. The minimum absolute atomic E-state index is 0.339. The fraction of sp³-hybridized carbons (Fsp3) is 0.207. The third-order valence-electron chi connectivity index (χ3n) is 6.10. The summed E-state index contributed by atoms with van der Waals surface area (Å²) in [6.07, 6.45) is 2.70. The number of nitrogens with one attached hydrogen (secondary N) is 2. The van der Waals surface area contributed by atoms with Crippen LogP contribution in [-0.4, -0.2) is 60.2 Å². The van der Waals surface area contributed by atoms with E-state index in [1.54, 1.807) is 18.2 Å². The average Bonchev–Trinajstić information content (AvgIpc) is 2.95. The highest BCUT2D eigenvalue weighted by molar-refractivity contribution is 6.30. The first-order valence-corrected chi connectivity index (χ1v) is 12.9. The molecule has 39 heavy (non-hydrogen) atoms. The minimum Gasteiger partial charge on any atom is -0.490 e. The van der Waals surface area contributed by atoms with Crippen LogP contribution in [-0.2, 0) is 9.53 Å². The Kier molecular flexibility index (Phi) is 8.52. The van der Waals surface area contributed by atoms with E-state index in [1.807, 2.05) is 42.5 Å². The van der Waals surface area contributed by atoms with Gasteiger partial charge in [-0.25, -0.2) is 9.97 Å². The van der Waals surface area contributed by atoms with Crippen LogP contribution in [0, 0.1) is 0 Å². The summed E-state index contributed by atoms with van der Waals surface area (Å²) >= 11 is 6.04. The van der Waals surface area contributed by atoms with Gasteiger partial charge in [-0.2, -0.15) is 0 Å². The first-order chi connectivity index (χ1) is 19.1. The minimum atomic E-state index is -0.339. The van der Waals surface area contributed by atoms with Crippen LogP contribution in [0.1, 0.15) is 0 Å². The van der Waals surface area contributed by atoms with Crippen molar-refractivity contribution in [3.05, 3.63) is 84.7 Å². The molecule has 1 saturated heterocycles. The number of aromatic nitrogens is 2. The summed E-state index contributed by atoms with van der Waals surface area (Å²) in [5.74, 6) is 2.09. The van der Waals surface area contributed by atoms with Gasteiger partial charge in [0.2, 0.25) is 5.91 Å². The van der Waals surface area contributed by atoms with Crippen molar-refractivity contribution < 1.29 is 19.0 Å². The van der Waals surface area contributed by atoms with Crippen molar-refractivity contribution >= 4 is 45.6 Å². The average molecular weight is 546 g/mol. The molecule has 0 spiro atoms. The molecule has 3 aromatic carbocycles. The van der Waals surface area contributed by atoms with Crippen LogP contribution in [0.25, 0.3) is 10.9 Å². The van der Waals surface area contributed by atoms with E-state index < -0.39 is 0 Å². The number of morpholine rings is 1. The van der Waals surface area contributed by atoms with Gasteiger partial charge in [-0.05, 0) is 54.6 Å². The molecule has 200 valence electrons. The van der Waals surface area contributed by atoms with Crippen LogP contribution >= 0.6 is 11.6 Å². The second-order valence-electron chi connectivity index (χ2n) is 8.79. The number of hydrogen-bond acceptors (Lipinski definition) is 8. The smallest absolute Gasteiger partial charge is 0.247 e. The molecular formula is C29H28ClN5O4. The lowest BCUT2D eigenvalue weighted by atomic mass is 10.1. The van der Waals surface area contributed by atoms with E-state index in [4.69, 9.17) is 25.8 Å². The highest BCUT2D eigenvalue weighted by atomic mass is 35.5. The lowest BCUT2D eigenvalue weighted by Crippen LogP contribution is -2.38. The molecule has 0 radical (unpaired) electrons. The zero-order valence-electron chi connectivity index (χ0n) is 21.2. The molecule has 2 N–H and O–H groups in total. The molecule has 2 heterocycles. The number of anilines is 3. The quantitative estimate of drug-likeness (QED) is 0.247.